The molecule has 0 atom stereocenters. The zero-order chi connectivity index (χ0) is 21.1. The monoisotopic (exact) mass is 406 g/mol. The summed E-state index contributed by atoms with van der Waals surface area (Å²) in [4.78, 5) is 21.2. The molecule has 4 rings (SSSR count). The van der Waals surface area contributed by atoms with E-state index in [-0.39, 0.29) is 17.7 Å². The third-order valence-electron chi connectivity index (χ3n) is 4.39. The third kappa shape index (κ3) is 4.29. The van der Waals surface area contributed by atoms with E-state index in [0.29, 0.717) is 35.5 Å². The number of furan rings is 1. The average Bonchev–Trinajstić information content (AvgIpc) is 3.46. The van der Waals surface area contributed by atoms with Gasteiger partial charge < -0.3 is 14.3 Å². The Morgan fingerprint density at radius 3 is 2.77 bits per heavy atom. The molecular formula is C21H22N6O3. The lowest BCUT2D eigenvalue weighted by Crippen LogP contribution is -2.16. The highest BCUT2D eigenvalue weighted by Crippen LogP contribution is 2.26. The molecule has 1 amide bonds. The van der Waals surface area contributed by atoms with Gasteiger partial charge in [0.25, 0.3) is 0 Å². The molecule has 0 unspecified atom stereocenters. The SMILES string of the molecule is CC(C)(C)c1cc(NC(=O)CCc2nc(-c3ccco3)no2)n(-c2ccccn2)n1. The Balaban J connectivity index is 1.47. The van der Waals surface area contributed by atoms with Gasteiger partial charge in [0, 0.05) is 30.5 Å². The number of anilines is 1. The molecule has 154 valence electrons. The van der Waals surface area contributed by atoms with Gasteiger partial charge in [-0.05, 0) is 24.3 Å². The number of hydrogen-bond donors (Lipinski definition) is 1. The molecule has 0 radical (unpaired) electrons. The molecular weight excluding hydrogens is 384 g/mol. The molecule has 9 heteroatoms. The number of pyridine rings is 1. The Hall–Kier alpha value is -3.75. The molecule has 4 aromatic rings. The maximum absolute atomic E-state index is 12.6. The van der Waals surface area contributed by atoms with Crippen LogP contribution in [0.1, 0.15) is 38.8 Å². The predicted molar refractivity (Wildman–Crippen MR) is 109 cm³/mol. The zero-order valence-corrected chi connectivity index (χ0v) is 17.0. The lowest BCUT2D eigenvalue weighted by Gasteiger charge is -2.13. The van der Waals surface area contributed by atoms with Crippen molar-refractivity contribution in [2.75, 3.05) is 5.32 Å². The van der Waals surface area contributed by atoms with Crippen molar-refractivity contribution < 1.29 is 13.7 Å². The van der Waals surface area contributed by atoms with Crippen LogP contribution in [-0.2, 0) is 16.6 Å². The summed E-state index contributed by atoms with van der Waals surface area (Å²) in [6.45, 7) is 6.20. The fourth-order valence-corrected chi connectivity index (χ4v) is 2.78. The highest BCUT2D eigenvalue weighted by atomic mass is 16.5. The quantitative estimate of drug-likeness (QED) is 0.518. The number of nitrogens with one attached hydrogen (secondary N) is 1. The van der Waals surface area contributed by atoms with E-state index < -0.39 is 0 Å². The molecule has 0 saturated carbocycles. The van der Waals surface area contributed by atoms with Gasteiger partial charge in [0.1, 0.15) is 5.82 Å². The Kier molecular flexibility index (Phi) is 5.18. The van der Waals surface area contributed by atoms with Crippen molar-refractivity contribution in [2.24, 2.45) is 0 Å². The van der Waals surface area contributed by atoms with Gasteiger partial charge in [-0.15, -0.1) is 0 Å². The number of amides is 1. The minimum Gasteiger partial charge on any atom is -0.461 e. The fourth-order valence-electron chi connectivity index (χ4n) is 2.78. The van der Waals surface area contributed by atoms with Crippen LogP contribution in [0.5, 0.6) is 0 Å². The maximum Gasteiger partial charge on any atom is 0.238 e. The normalized spacial score (nSPS) is 11.6. The number of hydrogen-bond acceptors (Lipinski definition) is 7. The smallest absolute Gasteiger partial charge is 0.238 e. The first-order valence-electron chi connectivity index (χ1n) is 9.58. The molecule has 9 nitrogen and oxygen atoms in total. The molecule has 4 heterocycles. The third-order valence-corrected chi connectivity index (χ3v) is 4.39. The van der Waals surface area contributed by atoms with Crippen molar-refractivity contribution >= 4 is 11.7 Å². The van der Waals surface area contributed by atoms with E-state index in [0.717, 1.165) is 5.69 Å². The summed E-state index contributed by atoms with van der Waals surface area (Å²) in [6, 6.07) is 10.9. The first-order valence-corrected chi connectivity index (χ1v) is 9.58. The second-order valence-electron chi connectivity index (χ2n) is 7.80. The average molecular weight is 406 g/mol. The van der Waals surface area contributed by atoms with Crippen molar-refractivity contribution in [3.8, 4) is 17.4 Å². The van der Waals surface area contributed by atoms with E-state index in [1.54, 1.807) is 23.0 Å². The van der Waals surface area contributed by atoms with Crippen LogP contribution >= 0.6 is 0 Å². The molecule has 0 spiro atoms. The van der Waals surface area contributed by atoms with Crippen molar-refractivity contribution in [1.82, 2.24) is 24.9 Å². The molecule has 0 aliphatic heterocycles. The predicted octanol–water partition coefficient (Wildman–Crippen LogP) is 3.78. The topological polar surface area (TPSA) is 112 Å². The first kappa shape index (κ1) is 19.6. The number of aromatic nitrogens is 5. The summed E-state index contributed by atoms with van der Waals surface area (Å²) in [5, 5.41) is 11.4. The van der Waals surface area contributed by atoms with Gasteiger partial charge in [-0.1, -0.05) is 32.0 Å². The molecule has 0 aliphatic carbocycles. The minimum absolute atomic E-state index is 0.175. The zero-order valence-electron chi connectivity index (χ0n) is 17.0. The largest absolute Gasteiger partial charge is 0.461 e. The van der Waals surface area contributed by atoms with Crippen molar-refractivity contribution in [2.45, 2.75) is 39.0 Å². The van der Waals surface area contributed by atoms with Crippen LogP contribution in [0.25, 0.3) is 17.4 Å². The first-order chi connectivity index (χ1) is 14.4. The Bertz CT molecular complexity index is 1120. The van der Waals surface area contributed by atoms with Gasteiger partial charge in [-0.25, -0.2) is 4.98 Å². The van der Waals surface area contributed by atoms with E-state index >= 15 is 0 Å². The van der Waals surface area contributed by atoms with Crippen LogP contribution in [0.4, 0.5) is 5.82 Å². The van der Waals surface area contributed by atoms with E-state index in [1.165, 1.54) is 6.26 Å². The van der Waals surface area contributed by atoms with Gasteiger partial charge in [0.05, 0.1) is 12.0 Å². The molecule has 0 bridgehead atoms. The molecule has 0 aromatic carbocycles. The number of carbonyl (C=O) groups excluding carboxylic acids is 1. The van der Waals surface area contributed by atoms with Gasteiger partial charge >= 0.3 is 0 Å². The van der Waals surface area contributed by atoms with Gasteiger partial charge in [-0.3, -0.25) is 4.79 Å². The summed E-state index contributed by atoms with van der Waals surface area (Å²) in [6.07, 6.45) is 3.71. The maximum atomic E-state index is 12.6. The van der Waals surface area contributed by atoms with Crippen LogP contribution in [0.3, 0.4) is 0 Å². The standard InChI is InChI=1S/C21H22N6O3/c1-21(2,3)15-13-17(27(25-15)16-8-4-5-11-22-16)23-18(28)9-10-19-24-20(26-30-19)14-7-6-12-29-14/h4-8,11-13H,9-10H2,1-3H3,(H,23,28). The highest BCUT2D eigenvalue weighted by Gasteiger charge is 2.22. The second-order valence-corrected chi connectivity index (χ2v) is 7.80. The molecule has 0 fully saturated rings. The van der Waals surface area contributed by atoms with E-state index in [9.17, 15) is 4.79 Å². The van der Waals surface area contributed by atoms with Crippen LogP contribution in [0, 0.1) is 0 Å². The molecule has 1 N–H and O–H groups in total. The van der Waals surface area contributed by atoms with Crippen LogP contribution in [-0.4, -0.2) is 30.8 Å². The summed E-state index contributed by atoms with van der Waals surface area (Å²) in [7, 11) is 0. The number of nitrogens with zero attached hydrogens (tertiary/aromatic N) is 5. The summed E-state index contributed by atoms with van der Waals surface area (Å²) in [5.41, 5.74) is 0.675. The van der Waals surface area contributed by atoms with E-state index in [4.69, 9.17) is 8.94 Å². The second kappa shape index (κ2) is 7.94. The highest BCUT2D eigenvalue weighted by molar-refractivity contribution is 5.90. The lowest BCUT2D eigenvalue weighted by atomic mass is 9.92. The summed E-state index contributed by atoms with van der Waals surface area (Å²) < 4.78 is 12.1. The Morgan fingerprint density at radius 2 is 2.07 bits per heavy atom. The van der Waals surface area contributed by atoms with Gasteiger partial charge in [-0.2, -0.15) is 14.8 Å². The van der Waals surface area contributed by atoms with Crippen LogP contribution in [0.15, 0.2) is 57.8 Å². The van der Waals surface area contributed by atoms with E-state index in [1.807, 2.05) is 24.3 Å². The van der Waals surface area contributed by atoms with Crippen molar-refractivity contribution in [3.63, 3.8) is 0 Å². The van der Waals surface area contributed by atoms with Crippen LogP contribution in [0.2, 0.25) is 0 Å². The molecule has 0 aliphatic rings. The number of rotatable bonds is 6. The Labute approximate surface area is 173 Å². The van der Waals surface area contributed by atoms with Crippen molar-refractivity contribution in [1.29, 1.82) is 0 Å². The number of carbonyl (C=O) groups is 1. The minimum atomic E-state index is -0.190. The molecule has 30 heavy (non-hydrogen) atoms. The van der Waals surface area contributed by atoms with Crippen LogP contribution < -0.4 is 5.32 Å². The van der Waals surface area contributed by atoms with Crippen molar-refractivity contribution in [3.05, 3.63) is 60.4 Å². The Morgan fingerprint density at radius 1 is 1.20 bits per heavy atom. The molecule has 4 aromatic heterocycles. The fraction of sp³-hybridized carbons (Fsp3) is 0.286. The number of aryl methyl sites for hydroxylation is 1. The van der Waals surface area contributed by atoms with Gasteiger partial charge in [0.15, 0.2) is 11.6 Å². The molecule has 0 saturated heterocycles. The summed E-state index contributed by atoms with van der Waals surface area (Å²) in [5.74, 6) is 2.24. The summed E-state index contributed by atoms with van der Waals surface area (Å²) >= 11 is 0. The van der Waals surface area contributed by atoms with Gasteiger partial charge in [0.2, 0.25) is 17.6 Å². The lowest BCUT2D eigenvalue weighted by molar-refractivity contribution is -0.116. The van der Waals surface area contributed by atoms with E-state index in [2.05, 4.69) is 46.3 Å².